The van der Waals surface area contributed by atoms with Gasteiger partial charge >= 0.3 is 0 Å². The minimum Gasteiger partial charge on any atom is -0.348 e. The van der Waals surface area contributed by atoms with Gasteiger partial charge in [0.15, 0.2) is 0 Å². The maximum Gasteiger partial charge on any atom is 0.256 e. The molecule has 5 rings (SSSR count). The van der Waals surface area contributed by atoms with Gasteiger partial charge in [0.1, 0.15) is 6.54 Å². The van der Waals surface area contributed by atoms with E-state index in [9.17, 15) is 19.6 Å². The topological polar surface area (TPSA) is 98.4 Å². The number of allylic oxidation sites excluding steroid dienone is 1. The Hall–Kier alpha value is -4.38. The molecule has 0 radical (unpaired) electrons. The Morgan fingerprint density at radius 1 is 1.21 bits per heavy atom. The zero-order valence-electron chi connectivity index (χ0n) is 23.0. The predicted molar refractivity (Wildman–Crippen MR) is 151 cm³/mol. The average molecular weight is 526 g/mol. The molecule has 3 heterocycles. The third kappa shape index (κ3) is 5.30. The minimum absolute atomic E-state index is 0.0539. The number of aryl methyl sites for hydroxylation is 1. The van der Waals surface area contributed by atoms with Crippen LogP contribution in [0.4, 0.5) is 0 Å². The van der Waals surface area contributed by atoms with Gasteiger partial charge in [-0.3, -0.25) is 14.4 Å². The van der Waals surface area contributed by atoms with Crippen LogP contribution in [0.2, 0.25) is 0 Å². The smallest absolute Gasteiger partial charge is 0.256 e. The lowest BCUT2D eigenvalue weighted by atomic mass is 9.92. The van der Waals surface area contributed by atoms with Gasteiger partial charge < -0.3 is 19.7 Å². The highest BCUT2D eigenvalue weighted by atomic mass is 16.2. The van der Waals surface area contributed by atoms with Gasteiger partial charge in [-0.15, -0.1) is 6.58 Å². The van der Waals surface area contributed by atoms with Gasteiger partial charge in [0.2, 0.25) is 12.3 Å². The maximum absolute atomic E-state index is 14.1. The van der Waals surface area contributed by atoms with Gasteiger partial charge in [0.05, 0.1) is 34.8 Å². The van der Waals surface area contributed by atoms with Crippen molar-refractivity contribution in [1.29, 1.82) is 5.26 Å². The summed E-state index contributed by atoms with van der Waals surface area (Å²) < 4.78 is 1.88. The van der Waals surface area contributed by atoms with Crippen LogP contribution in [0.5, 0.6) is 0 Å². The first-order chi connectivity index (χ1) is 18.7. The predicted octanol–water partition coefficient (Wildman–Crippen LogP) is 4.04. The number of likely N-dealkylation sites (tertiary alicyclic amines) is 1. The van der Waals surface area contributed by atoms with Crippen molar-refractivity contribution in [2.45, 2.75) is 52.7 Å². The number of fused-ring (bicyclic) bond motifs is 2. The number of hydrogen-bond donors (Lipinski definition) is 1. The van der Waals surface area contributed by atoms with Gasteiger partial charge in [-0.25, -0.2) is 0 Å². The molecule has 202 valence electrons. The molecule has 0 spiro atoms. The van der Waals surface area contributed by atoms with Crippen molar-refractivity contribution in [3.63, 3.8) is 0 Å². The Morgan fingerprint density at radius 3 is 2.56 bits per heavy atom. The first kappa shape index (κ1) is 27.6. The minimum atomic E-state index is -0.173. The molecule has 8 heteroatoms. The summed E-state index contributed by atoms with van der Waals surface area (Å²) in [6.45, 7) is 12.7. The van der Waals surface area contributed by atoms with Crippen LogP contribution in [0.3, 0.4) is 0 Å². The number of amides is 3. The van der Waals surface area contributed by atoms with Crippen molar-refractivity contribution in [3.05, 3.63) is 82.6 Å². The zero-order chi connectivity index (χ0) is 28.3. The molecule has 0 aliphatic carbocycles. The molecule has 39 heavy (non-hydrogen) atoms. The van der Waals surface area contributed by atoms with E-state index in [0.717, 1.165) is 29.5 Å². The first-order valence-electron chi connectivity index (χ1n) is 13.2. The number of aromatic nitrogens is 1. The average Bonchev–Trinajstić information content (AvgIpc) is 3.17. The second-order valence-electron chi connectivity index (χ2n) is 10.2. The van der Waals surface area contributed by atoms with E-state index in [2.05, 4.69) is 30.1 Å². The Balaban J connectivity index is 0.00000112. The SMILES string of the molecule is C=CC.Cc1cc(C#N)cc2c(C(=O)N3CCc4ccccc4C3C)c(C)n(CC(=O)NC3CN(C=O)C3)c12. The Morgan fingerprint density at radius 2 is 1.90 bits per heavy atom. The number of hydrogen-bond acceptors (Lipinski definition) is 4. The number of nitrogens with one attached hydrogen (secondary N) is 1. The second kappa shape index (κ2) is 11.6. The van der Waals surface area contributed by atoms with Crippen molar-refractivity contribution < 1.29 is 14.4 Å². The highest BCUT2D eigenvalue weighted by Crippen LogP contribution is 2.35. The van der Waals surface area contributed by atoms with Gasteiger partial charge in [-0.1, -0.05) is 30.3 Å². The zero-order valence-corrected chi connectivity index (χ0v) is 23.0. The molecule has 1 fully saturated rings. The van der Waals surface area contributed by atoms with Gasteiger partial charge in [-0.2, -0.15) is 5.26 Å². The highest BCUT2D eigenvalue weighted by Gasteiger charge is 2.33. The summed E-state index contributed by atoms with van der Waals surface area (Å²) in [6.07, 6.45) is 3.31. The molecule has 3 aromatic rings. The van der Waals surface area contributed by atoms with Crippen LogP contribution in [0.1, 0.15) is 58.2 Å². The maximum atomic E-state index is 14.1. The number of nitrogens with zero attached hydrogens (tertiary/aromatic N) is 4. The summed E-state index contributed by atoms with van der Waals surface area (Å²) >= 11 is 0. The molecule has 0 saturated carbocycles. The van der Waals surface area contributed by atoms with E-state index in [-0.39, 0.29) is 30.4 Å². The van der Waals surface area contributed by atoms with Crippen molar-refractivity contribution in [2.24, 2.45) is 0 Å². The van der Waals surface area contributed by atoms with Crippen LogP contribution < -0.4 is 5.32 Å². The third-order valence-corrected chi connectivity index (χ3v) is 7.53. The van der Waals surface area contributed by atoms with E-state index in [1.807, 2.05) is 49.3 Å². The molecule has 3 amide bonds. The third-order valence-electron chi connectivity index (χ3n) is 7.53. The molecule has 1 atom stereocenters. The lowest BCUT2D eigenvalue weighted by Gasteiger charge is -2.36. The standard InChI is InChI=1S/C28H29N5O3.C3H6/c1-17-10-20(12-29)11-24-26(28(36)32-9-8-21-6-4-5-7-23(21)18(32)2)19(3)33(27(17)24)15-25(35)30-22-13-31(14-22)16-34;1-3-2/h4-7,10-11,16,18,22H,8-9,13-15H2,1-3H3,(H,30,35);3H,1H2,2H3. The molecule has 1 saturated heterocycles. The van der Waals surface area contributed by atoms with Crippen LogP contribution in [0, 0.1) is 25.2 Å². The Kier molecular flexibility index (Phi) is 8.20. The summed E-state index contributed by atoms with van der Waals surface area (Å²) in [4.78, 5) is 41.3. The van der Waals surface area contributed by atoms with Gasteiger partial charge in [0, 0.05) is 30.7 Å². The summed E-state index contributed by atoms with van der Waals surface area (Å²) in [5, 5.41) is 13.3. The number of rotatable bonds is 5. The van der Waals surface area contributed by atoms with Crippen molar-refractivity contribution >= 4 is 29.1 Å². The lowest BCUT2D eigenvalue weighted by Crippen LogP contribution is -2.58. The van der Waals surface area contributed by atoms with Crippen LogP contribution in [0.25, 0.3) is 10.9 Å². The summed E-state index contributed by atoms with van der Waals surface area (Å²) in [5.74, 6) is -0.262. The van der Waals surface area contributed by atoms with E-state index in [4.69, 9.17) is 0 Å². The van der Waals surface area contributed by atoms with Crippen LogP contribution in [-0.4, -0.2) is 58.3 Å². The molecular formula is C31H35N5O3. The van der Waals surface area contributed by atoms with E-state index in [1.165, 1.54) is 5.56 Å². The van der Waals surface area contributed by atoms with Crippen LogP contribution in [-0.2, 0) is 22.6 Å². The molecule has 1 aromatic heterocycles. The fourth-order valence-electron chi connectivity index (χ4n) is 5.66. The lowest BCUT2D eigenvalue weighted by molar-refractivity contribution is -0.128. The summed E-state index contributed by atoms with van der Waals surface area (Å²) in [6, 6.07) is 13.8. The molecule has 2 aromatic carbocycles. The van der Waals surface area contributed by atoms with Gasteiger partial charge in [-0.05, 0) is 62.9 Å². The van der Waals surface area contributed by atoms with Crippen molar-refractivity contribution in [1.82, 2.24) is 19.7 Å². The molecule has 2 aliphatic heterocycles. The quantitative estimate of drug-likeness (QED) is 0.402. The normalized spacial score (nSPS) is 16.3. The van der Waals surface area contributed by atoms with Crippen LogP contribution >= 0.6 is 0 Å². The largest absolute Gasteiger partial charge is 0.348 e. The van der Waals surface area contributed by atoms with Crippen molar-refractivity contribution in [2.75, 3.05) is 19.6 Å². The molecule has 0 bridgehead atoms. The first-order valence-corrected chi connectivity index (χ1v) is 13.2. The fraction of sp³-hybridized carbons (Fsp3) is 0.355. The van der Waals surface area contributed by atoms with E-state index in [0.29, 0.717) is 41.8 Å². The van der Waals surface area contributed by atoms with Gasteiger partial charge in [0.25, 0.3) is 5.91 Å². The molecular weight excluding hydrogens is 490 g/mol. The van der Waals surface area contributed by atoms with E-state index < -0.39 is 0 Å². The number of carbonyl (C=O) groups is 3. The summed E-state index contributed by atoms with van der Waals surface area (Å²) in [5.41, 5.74) is 5.77. The highest BCUT2D eigenvalue weighted by molar-refractivity contribution is 6.10. The Labute approximate surface area is 229 Å². The van der Waals surface area contributed by atoms with E-state index >= 15 is 0 Å². The van der Waals surface area contributed by atoms with Crippen molar-refractivity contribution in [3.8, 4) is 6.07 Å². The van der Waals surface area contributed by atoms with Crippen LogP contribution in [0.15, 0.2) is 49.1 Å². The molecule has 1 unspecified atom stereocenters. The summed E-state index contributed by atoms with van der Waals surface area (Å²) in [7, 11) is 0. The van der Waals surface area contributed by atoms with E-state index in [1.54, 1.807) is 23.1 Å². The monoisotopic (exact) mass is 525 g/mol. The number of carbonyl (C=O) groups excluding carboxylic acids is 3. The fourth-order valence-corrected chi connectivity index (χ4v) is 5.66. The number of benzene rings is 2. The molecule has 1 N–H and O–H groups in total. The Bertz CT molecular complexity index is 1480. The second-order valence-corrected chi connectivity index (χ2v) is 10.2. The molecule has 2 aliphatic rings. The molecule has 8 nitrogen and oxygen atoms in total. The number of nitriles is 1.